The number of nitrogens with one attached hydrogen (secondary N) is 2. The van der Waals surface area contributed by atoms with Crippen LogP contribution in [0.5, 0.6) is 0 Å². The number of nitrogens with zero attached hydrogens (tertiary/aromatic N) is 3. The number of aliphatic imine (C=N–C) groups is 1. The van der Waals surface area contributed by atoms with Crippen molar-refractivity contribution in [2.75, 3.05) is 18.4 Å². The molecule has 3 heterocycles. The van der Waals surface area contributed by atoms with Crippen LogP contribution in [0.25, 0.3) is 0 Å². The Kier molecular flexibility index (Phi) is 3.91. The number of carbonyl (C=O) groups excluding carboxylic acids is 1. The van der Waals surface area contributed by atoms with E-state index < -0.39 is 11.7 Å². The molecule has 1 amide bonds. The third-order valence-electron chi connectivity index (χ3n) is 5.24. The number of nitrogens with two attached hydrogens (primary N) is 2. The molecule has 8 heteroatoms. The highest BCUT2D eigenvalue weighted by atomic mass is 16.1. The number of benzene rings is 1. The van der Waals surface area contributed by atoms with Crippen LogP contribution in [-0.2, 0) is 5.79 Å². The van der Waals surface area contributed by atoms with E-state index >= 15 is 0 Å². The lowest BCUT2D eigenvalue weighted by molar-refractivity contribution is 0.0723. The second kappa shape index (κ2) is 6.14. The van der Waals surface area contributed by atoms with Gasteiger partial charge in [0, 0.05) is 24.3 Å². The molecule has 0 bridgehead atoms. The number of piperidine rings is 1. The van der Waals surface area contributed by atoms with E-state index in [1.807, 2.05) is 24.3 Å². The molecule has 1 aromatic heterocycles. The third kappa shape index (κ3) is 2.62. The Bertz CT molecular complexity index is 866. The zero-order chi connectivity index (χ0) is 18.3. The first-order chi connectivity index (χ1) is 12.5. The zero-order valence-corrected chi connectivity index (χ0v) is 14.7. The Hall–Kier alpha value is -2.87. The molecule has 6 N–H and O–H groups in total. The van der Waals surface area contributed by atoms with Gasteiger partial charge in [-0.1, -0.05) is 19.1 Å². The van der Waals surface area contributed by atoms with Gasteiger partial charge < -0.3 is 16.8 Å². The highest BCUT2D eigenvalue weighted by Crippen LogP contribution is 2.38. The summed E-state index contributed by atoms with van der Waals surface area (Å²) in [6.45, 7) is 3.97. The summed E-state index contributed by atoms with van der Waals surface area (Å²) < 4.78 is 0. The molecule has 0 spiro atoms. The van der Waals surface area contributed by atoms with Gasteiger partial charge in [0.25, 0.3) is 5.91 Å². The van der Waals surface area contributed by atoms with Gasteiger partial charge in [-0.25, -0.2) is 4.99 Å². The van der Waals surface area contributed by atoms with Crippen LogP contribution >= 0.6 is 0 Å². The lowest BCUT2D eigenvalue weighted by Crippen LogP contribution is -2.56. The number of primary amides is 1. The molecule has 8 nitrogen and oxygen atoms in total. The van der Waals surface area contributed by atoms with Gasteiger partial charge in [0.15, 0.2) is 0 Å². The summed E-state index contributed by atoms with van der Waals surface area (Å²) in [5, 5.41) is 10.5. The fraction of sp³-hybridized carbons (Fsp3) is 0.389. The van der Waals surface area contributed by atoms with Gasteiger partial charge >= 0.3 is 0 Å². The number of carbonyl (C=O) groups is 1. The van der Waals surface area contributed by atoms with Crippen molar-refractivity contribution in [3.63, 3.8) is 0 Å². The summed E-state index contributed by atoms with van der Waals surface area (Å²) in [5.74, 6) is -0.390. The van der Waals surface area contributed by atoms with Crippen molar-refractivity contribution in [1.29, 1.82) is 0 Å². The molecule has 0 aliphatic carbocycles. The summed E-state index contributed by atoms with van der Waals surface area (Å²) in [6.07, 6.45) is 2.13. The van der Waals surface area contributed by atoms with Gasteiger partial charge in [-0.05, 0) is 37.0 Å². The number of amidine groups is 1. The molecule has 1 aromatic carbocycles. The van der Waals surface area contributed by atoms with Crippen LogP contribution in [0, 0.1) is 5.92 Å². The molecule has 0 saturated carbocycles. The standard InChI is InChI=1S/C18H23N7O/c1-11-6-8-25(9-7-11)18(15-10-14(17(20)26)23-24-15)21-13-5-3-2-4-12(13)16(19)22-18/h2-5,10-11,21H,6-9H2,1H3,(H2,19,22)(H2,20,26)(H,23,24). The maximum Gasteiger partial charge on any atom is 0.269 e. The van der Waals surface area contributed by atoms with Crippen LogP contribution in [0.2, 0.25) is 0 Å². The third-order valence-corrected chi connectivity index (χ3v) is 5.24. The van der Waals surface area contributed by atoms with Crippen molar-refractivity contribution < 1.29 is 4.79 Å². The first-order valence-corrected chi connectivity index (χ1v) is 8.83. The van der Waals surface area contributed by atoms with Crippen LogP contribution in [0.15, 0.2) is 35.3 Å². The molecule has 1 fully saturated rings. The summed E-state index contributed by atoms with van der Waals surface area (Å²) in [5.41, 5.74) is 14.3. The van der Waals surface area contributed by atoms with Crippen molar-refractivity contribution in [3.8, 4) is 0 Å². The van der Waals surface area contributed by atoms with E-state index in [-0.39, 0.29) is 5.69 Å². The second-order valence-electron chi connectivity index (χ2n) is 7.04. The van der Waals surface area contributed by atoms with Gasteiger partial charge in [-0.2, -0.15) is 5.10 Å². The van der Waals surface area contributed by atoms with E-state index in [1.54, 1.807) is 6.07 Å². The summed E-state index contributed by atoms with van der Waals surface area (Å²) in [6, 6.07) is 9.45. The van der Waals surface area contributed by atoms with Gasteiger partial charge in [0.1, 0.15) is 11.5 Å². The van der Waals surface area contributed by atoms with Crippen LogP contribution in [0.3, 0.4) is 0 Å². The first-order valence-electron chi connectivity index (χ1n) is 8.83. The molecule has 2 aliphatic heterocycles. The zero-order valence-electron chi connectivity index (χ0n) is 14.7. The highest BCUT2D eigenvalue weighted by Gasteiger charge is 2.44. The van der Waals surface area contributed by atoms with E-state index in [1.165, 1.54) is 0 Å². The number of amides is 1. The molecular formula is C18H23N7O. The van der Waals surface area contributed by atoms with Crippen molar-refractivity contribution in [3.05, 3.63) is 47.3 Å². The van der Waals surface area contributed by atoms with Crippen molar-refractivity contribution in [1.82, 2.24) is 15.1 Å². The fourth-order valence-corrected chi connectivity index (χ4v) is 3.67. The van der Waals surface area contributed by atoms with Gasteiger partial charge in [0.2, 0.25) is 5.79 Å². The molecule has 1 unspecified atom stereocenters. The average molecular weight is 353 g/mol. The summed E-state index contributed by atoms with van der Waals surface area (Å²) in [4.78, 5) is 18.6. The number of aromatic amines is 1. The molecule has 4 rings (SSSR count). The lowest BCUT2D eigenvalue weighted by Gasteiger charge is -2.46. The van der Waals surface area contributed by atoms with Crippen LogP contribution in [-0.4, -0.2) is 39.9 Å². The Balaban J connectivity index is 1.83. The number of hydrogen-bond donors (Lipinski definition) is 4. The van der Waals surface area contributed by atoms with E-state index in [0.717, 1.165) is 37.2 Å². The Morgan fingerprint density at radius 1 is 1.31 bits per heavy atom. The molecule has 2 aliphatic rings. The number of anilines is 1. The molecular weight excluding hydrogens is 330 g/mol. The van der Waals surface area contributed by atoms with E-state index in [0.29, 0.717) is 17.4 Å². The number of hydrogen-bond acceptors (Lipinski definition) is 6. The lowest BCUT2D eigenvalue weighted by atomic mass is 9.96. The van der Waals surface area contributed by atoms with Crippen LogP contribution in [0.1, 0.15) is 41.5 Å². The van der Waals surface area contributed by atoms with E-state index in [4.69, 9.17) is 16.5 Å². The predicted molar refractivity (Wildman–Crippen MR) is 99.5 cm³/mol. The van der Waals surface area contributed by atoms with Crippen molar-refractivity contribution in [2.45, 2.75) is 25.6 Å². The topological polar surface area (TPSA) is 125 Å². The largest absolute Gasteiger partial charge is 0.383 e. The quantitative estimate of drug-likeness (QED) is 0.659. The fourth-order valence-electron chi connectivity index (χ4n) is 3.67. The predicted octanol–water partition coefficient (Wildman–Crippen LogP) is 1.18. The van der Waals surface area contributed by atoms with Gasteiger partial charge in [-0.15, -0.1) is 0 Å². The smallest absolute Gasteiger partial charge is 0.269 e. The Labute approximate surface area is 151 Å². The van der Waals surface area contributed by atoms with E-state index in [2.05, 4.69) is 27.3 Å². The van der Waals surface area contributed by atoms with Gasteiger partial charge in [-0.3, -0.25) is 14.8 Å². The number of rotatable bonds is 3. The molecule has 0 radical (unpaired) electrons. The summed E-state index contributed by atoms with van der Waals surface area (Å²) >= 11 is 0. The monoisotopic (exact) mass is 353 g/mol. The minimum absolute atomic E-state index is 0.180. The number of fused-ring (bicyclic) bond motifs is 1. The highest BCUT2D eigenvalue weighted by molar-refractivity contribution is 6.04. The number of likely N-dealkylation sites (tertiary alicyclic amines) is 1. The number of para-hydroxylation sites is 1. The molecule has 136 valence electrons. The molecule has 1 atom stereocenters. The van der Waals surface area contributed by atoms with Gasteiger partial charge in [0.05, 0.1) is 5.69 Å². The maximum absolute atomic E-state index is 11.5. The molecule has 26 heavy (non-hydrogen) atoms. The Morgan fingerprint density at radius 3 is 2.73 bits per heavy atom. The van der Waals surface area contributed by atoms with Crippen molar-refractivity contribution >= 4 is 17.4 Å². The van der Waals surface area contributed by atoms with E-state index in [9.17, 15) is 4.79 Å². The molecule has 1 saturated heterocycles. The van der Waals surface area contributed by atoms with Crippen LogP contribution < -0.4 is 16.8 Å². The maximum atomic E-state index is 11.5. The Morgan fingerprint density at radius 2 is 2.04 bits per heavy atom. The van der Waals surface area contributed by atoms with Crippen LogP contribution in [0.4, 0.5) is 5.69 Å². The molecule has 2 aromatic rings. The average Bonchev–Trinajstić information content (AvgIpc) is 3.13. The normalized spacial score (nSPS) is 23.8. The first kappa shape index (κ1) is 16.6. The SMILES string of the molecule is CC1CCN(C2(c3cc(C(N)=O)n[nH]3)N=C(N)c3ccccc3N2)CC1. The summed E-state index contributed by atoms with van der Waals surface area (Å²) in [7, 11) is 0. The number of H-pyrrole nitrogens is 1. The number of aromatic nitrogens is 2. The minimum Gasteiger partial charge on any atom is -0.383 e. The van der Waals surface area contributed by atoms with Crippen molar-refractivity contribution in [2.24, 2.45) is 22.4 Å². The minimum atomic E-state index is -0.931. The second-order valence-corrected chi connectivity index (χ2v) is 7.04.